The van der Waals surface area contributed by atoms with Crippen LogP contribution in [0.25, 0.3) is 0 Å². The third-order valence-electron chi connectivity index (χ3n) is 2.54. The maximum atomic E-state index is 12.0. The van der Waals surface area contributed by atoms with E-state index in [4.69, 9.17) is 9.47 Å². The Bertz CT molecular complexity index is 465. The molecule has 0 unspecified atom stereocenters. The van der Waals surface area contributed by atoms with E-state index in [1.807, 2.05) is 0 Å². The maximum Gasteiger partial charge on any atom is 0.313 e. The van der Waals surface area contributed by atoms with Crippen molar-refractivity contribution in [1.29, 1.82) is 0 Å². The summed E-state index contributed by atoms with van der Waals surface area (Å²) in [6.45, 7) is 1.76. The second-order valence-electron chi connectivity index (χ2n) is 3.70. The standard InChI is InChI=1S/C13H16O5/c1-8-5-9(16-2)6-11(17-3)13(8)10(14)7-12(15)18-4/h5-6H,7H2,1-4H3. The number of ether oxygens (including phenoxy) is 3. The van der Waals surface area contributed by atoms with E-state index in [2.05, 4.69) is 4.74 Å². The van der Waals surface area contributed by atoms with Crippen molar-refractivity contribution in [2.24, 2.45) is 0 Å². The summed E-state index contributed by atoms with van der Waals surface area (Å²) in [5.74, 6) is 0.0795. The van der Waals surface area contributed by atoms with Crippen LogP contribution in [0, 0.1) is 6.92 Å². The van der Waals surface area contributed by atoms with Crippen LogP contribution in [-0.4, -0.2) is 33.1 Å². The van der Waals surface area contributed by atoms with Gasteiger partial charge < -0.3 is 14.2 Å². The van der Waals surface area contributed by atoms with Crippen molar-refractivity contribution in [1.82, 2.24) is 0 Å². The number of ketones is 1. The Labute approximate surface area is 106 Å². The Kier molecular flexibility index (Phi) is 4.71. The number of rotatable bonds is 5. The Morgan fingerprint density at radius 1 is 1.11 bits per heavy atom. The molecule has 0 fully saturated rings. The molecule has 0 saturated carbocycles. The van der Waals surface area contributed by atoms with Gasteiger partial charge in [0.05, 0.1) is 26.9 Å². The van der Waals surface area contributed by atoms with Crippen LogP contribution in [0.5, 0.6) is 11.5 Å². The first-order chi connectivity index (χ1) is 8.53. The lowest BCUT2D eigenvalue weighted by atomic mass is 10.0. The Morgan fingerprint density at radius 3 is 2.28 bits per heavy atom. The SMILES string of the molecule is COC(=O)CC(=O)c1c(C)cc(OC)cc1OC. The molecule has 0 aromatic heterocycles. The highest BCUT2D eigenvalue weighted by Gasteiger charge is 2.19. The van der Waals surface area contributed by atoms with Crippen molar-refractivity contribution in [3.8, 4) is 11.5 Å². The van der Waals surface area contributed by atoms with Crippen LogP contribution >= 0.6 is 0 Å². The number of aryl methyl sites for hydroxylation is 1. The van der Waals surface area contributed by atoms with Gasteiger partial charge in [0.25, 0.3) is 0 Å². The van der Waals surface area contributed by atoms with Crippen molar-refractivity contribution in [3.63, 3.8) is 0 Å². The first-order valence-corrected chi connectivity index (χ1v) is 5.36. The number of carbonyl (C=O) groups is 2. The van der Waals surface area contributed by atoms with Gasteiger partial charge in [-0.15, -0.1) is 0 Å². The number of hydrogen-bond donors (Lipinski definition) is 0. The summed E-state index contributed by atoms with van der Waals surface area (Å²) < 4.78 is 14.7. The lowest BCUT2D eigenvalue weighted by Crippen LogP contribution is -2.12. The van der Waals surface area contributed by atoms with E-state index >= 15 is 0 Å². The predicted octanol–water partition coefficient (Wildman–Crippen LogP) is 1.76. The number of esters is 1. The minimum absolute atomic E-state index is 0.306. The quantitative estimate of drug-likeness (QED) is 0.454. The van der Waals surface area contributed by atoms with Crippen LogP contribution in [0.4, 0.5) is 0 Å². The van der Waals surface area contributed by atoms with Gasteiger partial charge in [0.15, 0.2) is 5.78 Å². The minimum atomic E-state index is -0.572. The predicted molar refractivity (Wildman–Crippen MR) is 65.2 cm³/mol. The maximum absolute atomic E-state index is 12.0. The Hall–Kier alpha value is -2.04. The summed E-state index contributed by atoms with van der Waals surface area (Å²) in [5, 5.41) is 0. The first kappa shape index (κ1) is 14.0. The average Bonchev–Trinajstić information content (AvgIpc) is 2.36. The molecule has 18 heavy (non-hydrogen) atoms. The van der Waals surface area contributed by atoms with Gasteiger partial charge in [0.1, 0.15) is 17.9 Å². The molecular weight excluding hydrogens is 236 g/mol. The molecule has 0 aliphatic rings. The molecule has 1 aromatic carbocycles. The number of hydrogen-bond acceptors (Lipinski definition) is 5. The molecule has 0 spiro atoms. The summed E-state index contributed by atoms with van der Waals surface area (Å²) in [6.07, 6.45) is -0.306. The largest absolute Gasteiger partial charge is 0.497 e. The van der Waals surface area contributed by atoms with Gasteiger partial charge in [-0.25, -0.2) is 0 Å². The zero-order valence-corrected chi connectivity index (χ0v) is 10.9. The van der Waals surface area contributed by atoms with Crippen molar-refractivity contribution in [2.45, 2.75) is 13.3 Å². The topological polar surface area (TPSA) is 61.8 Å². The molecule has 0 amide bonds. The van der Waals surface area contributed by atoms with E-state index in [0.717, 1.165) is 0 Å². The second-order valence-corrected chi connectivity index (χ2v) is 3.70. The van der Waals surface area contributed by atoms with Crippen LogP contribution in [0.15, 0.2) is 12.1 Å². The van der Waals surface area contributed by atoms with Crippen LogP contribution in [0.1, 0.15) is 22.3 Å². The molecule has 0 saturated heterocycles. The lowest BCUT2D eigenvalue weighted by Gasteiger charge is -2.12. The summed E-state index contributed by atoms with van der Waals surface area (Å²) in [7, 11) is 4.24. The molecule has 1 aromatic rings. The summed E-state index contributed by atoms with van der Waals surface area (Å²) in [6, 6.07) is 3.32. The lowest BCUT2D eigenvalue weighted by molar-refractivity contribution is -0.139. The monoisotopic (exact) mass is 252 g/mol. The van der Waals surface area contributed by atoms with Gasteiger partial charge in [-0.3, -0.25) is 9.59 Å². The first-order valence-electron chi connectivity index (χ1n) is 5.36. The molecule has 1 rings (SSSR count). The highest BCUT2D eigenvalue weighted by molar-refractivity contribution is 6.08. The van der Waals surface area contributed by atoms with E-state index in [9.17, 15) is 9.59 Å². The van der Waals surface area contributed by atoms with Gasteiger partial charge in [-0.05, 0) is 18.6 Å². The molecular formula is C13H16O5. The van der Waals surface area contributed by atoms with Gasteiger partial charge >= 0.3 is 5.97 Å². The fourth-order valence-corrected chi connectivity index (χ4v) is 1.65. The molecule has 0 N–H and O–H groups in total. The molecule has 98 valence electrons. The van der Waals surface area contributed by atoms with E-state index < -0.39 is 5.97 Å². The smallest absolute Gasteiger partial charge is 0.313 e. The average molecular weight is 252 g/mol. The zero-order valence-electron chi connectivity index (χ0n) is 10.9. The Balaban J connectivity index is 3.14. The number of carbonyl (C=O) groups excluding carboxylic acids is 2. The summed E-state index contributed by atoms with van der Waals surface area (Å²) >= 11 is 0. The molecule has 5 heteroatoms. The fourth-order valence-electron chi connectivity index (χ4n) is 1.65. The van der Waals surface area contributed by atoms with E-state index in [1.165, 1.54) is 21.3 Å². The molecule has 0 bridgehead atoms. The number of benzene rings is 1. The van der Waals surface area contributed by atoms with Crippen molar-refractivity contribution < 1.29 is 23.8 Å². The normalized spacial score (nSPS) is 9.78. The van der Waals surface area contributed by atoms with Crippen LogP contribution in [-0.2, 0) is 9.53 Å². The van der Waals surface area contributed by atoms with E-state index in [-0.39, 0.29) is 12.2 Å². The highest BCUT2D eigenvalue weighted by Crippen LogP contribution is 2.29. The highest BCUT2D eigenvalue weighted by atomic mass is 16.5. The number of methoxy groups -OCH3 is 3. The molecule has 5 nitrogen and oxygen atoms in total. The molecule has 0 atom stereocenters. The molecule has 0 aliphatic heterocycles. The van der Waals surface area contributed by atoms with Gasteiger partial charge in [-0.2, -0.15) is 0 Å². The van der Waals surface area contributed by atoms with Gasteiger partial charge in [0.2, 0.25) is 0 Å². The van der Waals surface area contributed by atoms with E-state index in [1.54, 1.807) is 19.1 Å². The summed E-state index contributed by atoms with van der Waals surface area (Å²) in [4.78, 5) is 23.1. The fraction of sp³-hybridized carbons (Fsp3) is 0.385. The van der Waals surface area contributed by atoms with Gasteiger partial charge in [-0.1, -0.05) is 0 Å². The molecule has 0 heterocycles. The third kappa shape index (κ3) is 3.00. The zero-order chi connectivity index (χ0) is 13.7. The van der Waals surface area contributed by atoms with Crippen molar-refractivity contribution >= 4 is 11.8 Å². The van der Waals surface area contributed by atoms with Crippen molar-refractivity contribution in [3.05, 3.63) is 23.3 Å². The van der Waals surface area contributed by atoms with Crippen LogP contribution in [0.2, 0.25) is 0 Å². The summed E-state index contributed by atoms with van der Waals surface area (Å²) in [5.41, 5.74) is 1.07. The third-order valence-corrected chi connectivity index (χ3v) is 2.54. The Morgan fingerprint density at radius 2 is 1.78 bits per heavy atom. The number of Topliss-reactive ketones (excluding diaryl/α,β-unsaturated/α-hetero) is 1. The van der Waals surface area contributed by atoms with Gasteiger partial charge in [0, 0.05) is 6.07 Å². The second kappa shape index (κ2) is 6.05. The van der Waals surface area contributed by atoms with Crippen molar-refractivity contribution in [2.75, 3.05) is 21.3 Å². The van der Waals surface area contributed by atoms with E-state index in [0.29, 0.717) is 22.6 Å². The molecule has 0 aliphatic carbocycles. The molecule has 0 radical (unpaired) electrons. The minimum Gasteiger partial charge on any atom is -0.497 e. The van der Waals surface area contributed by atoms with Crippen LogP contribution in [0.3, 0.4) is 0 Å². The van der Waals surface area contributed by atoms with Crippen LogP contribution < -0.4 is 9.47 Å².